The van der Waals surface area contributed by atoms with Crippen LogP contribution >= 0.6 is 11.6 Å². The molecule has 1 saturated carbocycles. The Kier molecular flexibility index (Phi) is 3.45. The number of ether oxygens (including phenoxy) is 1. The van der Waals surface area contributed by atoms with Crippen LogP contribution in [0.1, 0.15) is 34.8 Å². The Morgan fingerprint density at radius 1 is 1.30 bits per heavy atom. The first-order valence-electron chi connectivity index (χ1n) is 6.54. The van der Waals surface area contributed by atoms with Crippen LogP contribution in [0.3, 0.4) is 0 Å². The molecule has 3 rings (SSSR count). The van der Waals surface area contributed by atoms with Crippen LogP contribution in [-0.4, -0.2) is 18.1 Å². The maximum Gasteiger partial charge on any atom is 0.338 e. The fraction of sp³-hybridized carbons (Fsp3) is 0.250. The number of pyridine rings is 1. The van der Waals surface area contributed by atoms with Crippen LogP contribution in [0.2, 0.25) is 5.02 Å². The number of carbonyl (C=O) groups excluding carboxylic acids is 1. The van der Waals surface area contributed by atoms with Crippen molar-refractivity contribution < 1.29 is 9.53 Å². The number of halogens is 1. The zero-order chi connectivity index (χ0) is 14.1. The lowest BCUT2D eigenvalue weighted by molar-refractivity contribution is 0.0601. The van der Waals surface area contributed by atoms with Gasteiger partial charge in [0.05, 0.1) is 12.7 Å². The number of esters is 1. The van der Waals surface area contributed by atoms with E-state index >= 15 is 0 Å². The predicted molar refractivity (Wildman–Crippen MR) is 78.0 cm³/mol. The molecular weight excluding hydrogens is 274 g/mol. The molecule has 0 saturated heterocycles. The summed E-state index contributed by atoms with van der Waals surface area (Å²) in [5, 5.41) is 0.596. The van der Waals surface area contributed by atoms with Crippen molar-refractivity contribution in [1.29, 1.82) is 0 Å². The summed E-state index contributed by atoms with van der Waals surface area (Å²) in [5.41, 5.74) is 3.00. The summed E-state index contributed by atoms with van der Waals surface area (Å²) in [4.78, 5) is 16.5. The molecule has 1 aliphatic rings. The molecule has 1 heterocycles. The van der Waals surface area contributed by atoms with Crippen LogP contribution in [0.4, 0.5) is 0 Å². The highest BCUT2D eigenvalue weighted by Gasteiger charge is 2.27. The minimum absolute atomic E-state index is 0.357. The van der Waals surface area contributed by atoms with Gasteiger partial charge >= 0.3 is 5.97 Å². The molecule has 0 bridgehead atoms. The quantitative estimate of drug-likeness (QED) is 0.799. The molecule has 1 fully saturated rings. The van der Waals surface area contributed by atoms with Gasteiger partial charge in [-0.25, -0.2) is 4.79 Å². The lowest BCUT2D eigenvalue weighted by Crippen LogP contribution is -2.06. The molecule has 0 aliphatic heterocycles. The van der Waals surface area contributed by atoms with Gasteiger partial charge in [-0.05, 0) is 25.0 Å². The molecule has 1 aromatic heterocycles. The lowest BCUT2D eigenvalue weighted by atomic mass is 10.0. The second-order valence-corrected chi connectivity index (χ2v) is 5.31. The second kappa shape index (κ2) is 5.25. The molecule has 0 radical (unpaired) electrons. The molecule has 0 unspecified atom stereocenters. The van der Waals surface area contributed by atoms with Gasteiger partial charge in [-0.3, -0.25) is 4.98 Å². The van der Waals surface area contributed by atoms with Gasteiger partial charge in [-0.1, -0.05) is 29.8 Å². The first-order valence-corrected chi connectivity index (χ1v) is 6.91. The highest BCUT2D eigenvalue weighted by Crippen LogP contribution is 2.40. The molecule has 0 spiro atoms. The van der Waals surface area contributed by atoms with Crippen LogP contribution in [0.25, 0.3) is 11.1 Å². The van der Waals surface area contributed by atoms with E-state index in [1.165, 1.54) is 7.11 Å². The fourth-order valence-corrected chi connectivity index (χ4v) is 2.48. The largest absolute Gasteiger partial charge is 0.465 e. The third kappa shape index (κ3) is 2.41. The second-order valence-electron chi connectivity index (χ2n) is 4.90. The number of nitrogens with zero attached hydrogens (tertiary/aromatic N) is 1. The molecule has 1 aromatic carbocycles. The minimum Gasteiger partial charge on any atom is -0.465 e. The third-order valence-corrected chi connectivity index (χ3v) is 3.82. The van der Waals surface area contributed by atoms with Crippen LogP contribution in [0.15, 0.2) is 36.5 Å². The van der Waals surface area contributed by atoms with Crippen molar-refractivity contribution in [3.63, 3.8) is 0 Å². The van der Waals surface area contributed by atoms with E-state index in [1.54, 1.807) is 12.3 Å². The Labute approximate surface area is 122 Å². The SMILES string of the molecule is COC(=O)c1cc(C2CC2)ncc1-c1ccccc1Cl. The summed E-state index contributed by atoms with van der Waals surface area (Å²) < 4.78 is 4.88. The predicted octanol–water partition coefficient (Wildman–Crippen LogP) is 4.07. The molecule has 4 heteroatoms. The van der Waals surface area contributed by atoms with Gasteiger partial charge < -0.3 is 4.74 Å². The Morgan fingerprint density at radius 3 is 2.70 bits per heavy atom. The Hall–Kier alpha value is -1.87. The van der Waals surface area contributed by atoms with Crippen molar-refractivity contribution in [3.8, 4) is 11.1 Å². The van der Waals surface area contributed by atoms with Crippen molar-refractivity contribution >= 4 is 17.6 Å². The van der Waals surface area contributed by atoms with Gasteiger partial charge in [0.25, 0.3) is 0 Å². The summed E-state index contributed by atoms with van der Waals surface area (Å²) in [6.07, 6.45) is 4.00. The normalized spacial score (nSPS) is 14.1. The Balaban J connectivity index is 2.14. The topological polar surface area (TPSA) is 39.2 Å². The lowest BCUT2D eigenvalue weighted by Gasteiger charge is -2.11. The van der Waals surface area contributed by atoms with Crippen molar-refractivity contribution in [2.24, 2.45) is 0 Å². The van der Waals surface area contributed by atoms with Crippen molar-refractivity contribution in [1.82, 2.24) is 4.98 Å². The zero-order valence-electron chi connectivity index (χ0n) is 11.1. The summed E-state index contributed by atoms with van der Waals surface area (Å²) >= 11 is 6.21. The van der Waals surface area contributed by atoms with Gasteiger partial charge in [0.2, 0.25) is 0 Å². The van der Waals surface area contributed by atoms with E-state index in [1.807, 2.05) is 24.3 Å². The summed E-state index contributed by atoms with van der Waals surface area (Å²) in [7, 11) is 1.38. The van der Waals surface area contributed by atoms with E-state index in [9.17, 15) is 4.79 Å². The highest BCUT2D eigenvalue weighted by atomic mass is 35.5. The van der Waals surface area contributed by atoms with Crippen LogP contribution in [0.5, 0.6) is 0 Å². The summed E-state index contributed by atoms with van der Waals surface area (Å²) in [6.45, 7) is 0. The van der Waals surface area contributed by atoms with E-state index in [4.69, 9.17) is 16.3 Å². The summed E-state index contributed by atoms with van der Waals surface area (Å²) in [6, 6.07) is 9.25. The number of benzene rings is 1. The van der Waals surface area contributed by atoms with Gasteiger partial charge in [0.1, 0.15) is 0 Å². The van der Waals surface area contributed by atoms with Crippen LogP contribution in [-0.2, 0) is 4.74 Å². The van der Waals surface area contributed by atoms with E-state index in [0.717, 1.165) is 24.1 Å². The molecule has 0 amide bonds. The Bertz CT molecular complexity index is 665. The minimum atomic E-state index is -0.357. The van der Waals surface area contributed by atoms with Crippen molar-refractivity contribution in [2.75, 3.05) is 7.11 Å². The van der Waals surface area contributed by atoms with Crippen molar-refractivity contribution in [3.05, 3.63) is 52.8 Å². The van der Waals surface area contributed by atoms with Gasteiger partial charge in [-0.2, -0.15) is 0 Å². The number of carbonyl (C=O) groups is 1. The Morgan fingerprint density at radius 2 is 2.05 bits per heavy atom. The molecular formula is C16H14ClNO2. The molecule has 102 valence electrons. The average molecular weight is 288 g/mol. The molecule has 3 nitrogen and oxygen atoms in total. The summed E-state index contributed by atoms with van der Waals surface area (Å²) in [5.74, 6) is 0.128. The van der Waals surface area contributed by atoms with E-state index in [-0.39, 0.29) is 5.97 Å². The van der Waals surface area contributed by atoms with Crippen LogP contribution in [0, 0.1) is 0 Å². The number of hydrogen-bond donors (Lipinski definition) is 0. The molecule has 20 heavy (non-hydrogen) atoms. The van der Waals surface area contributed by atoms with Gasteiger partial charge in [0, 0.05) is 34.0 Å². The molecule has 1 aliphatic carbocycles. The third-order valence-electron chi connectivity index (χ3n) is 3.49. The van der Waals surface area contributed by atoms with Crippen molar-refractivity contribution in [2.45, 2.75) is 18.8 Å². The zero-order valence-corrected chi connectivity index (χ0v) is 11.9. The highest BCUT2D eigenvalue weighted by molar-refractivity contribution is 6.33. The monoisotopic (exact) mass is 287 g/mol. The maximum atomic E-state index is 12.0. The number of methoxy groups -OCH3 is 1. The first-order chi connectivity index (χ1) is 9.70. The standard InChI is InChI=1S/C16H14ClNO2/c1-20-16(19)12-8-15(10-6-7-10)18-9-13(12)11-4-2-3-5-14(11)17/h2-5,8-10H,6-7H2,1H3. The van der Waals surface area contributed by atoms with E-state index in [0.29, 0.717) is 22.1 Å². The fourth-order valence-electron chi connectivity index (χ4n) is 2.25. The maximum absolute atomic E-state index is 12.0. The smallest absolute Gasteiger partial charge is 0.338 e. The number of aromatic nitrogens is 1. The van der Waals surface area contributed by atoms with E-state index in [2.05, 4.69) is 4.98 Å². The van der Waals surface area contributed by atoms with E-state index < -0.39 is 0 Å². The molecule has 0 N–H and O–H groups in total. The average Bonchev–Trinajstić information content (AvgIpc) is 3.31. The van der Waals surface area contributed by atoms with Gasteiger partial charge in [-0.15, -0.1) is 0 Å². The first kappa shape index (κ1) is 13.1. The van der Waals surface area contributed by atoms with Crippen LogP contribution < -0.4 is 0 Å². The molecule has 0 atom stereocenters. The number of hydrogen-bond acceptors (Lipinski definition) is 3. The molecule has 2 aromatic rings. The number of rotatable bonds is 3. The van der Waals surface area contributed by atoms with Gasteiger partial charge in [0.15, 0.2) is 0 Å².